The predicted molar refractivity (Wildman–Crippen MR) is 124 cm³/mol. The molecule has 0 aliphatic carbocycles. The number of amides is 1. The number of aryl methyl sites for hydroxylation is 1. The molecule has 0 saturated carbocycles. The Bertz CT molecular complexity index is 1300. The van der Waals surface area contributed by atoms with Crippen LogP contribution in [0.2, 0.25) is 5.02 Å². The summed E-state index contributed by atoms with van der Waals surface area (Å²) in [6.45, 7) is 1.00. The maximum atomic E-state index is 13.6. The number of hydrogen-bond acceptors (Lipinski definition) is 4. The van der Waals surface area contributed by atoms with Gasteiger partial charge in [-0.1, -0.05) is 35.9 Å². The van der Waals surface area contributed by atoms with Crippen LogP contribution in [0.1, 0.15) is 11.1 Å². The zero-order valence-electron chi connectivity index (χ0n) is 18.1. The fraction of sp³-hybridized carbons (Fsp3) is 0.174. The van der Waals surface area contributed by atoms with E-state index in [2.05, 4.69) is 5.32 Å². The van der Waals surface area contributed by atoms with Crippen molar-refractivity contribution in [1.29, 1.82) is 0 Å². The minimum absolute atomic E-state index is 0.0828. The number of nitrogens with zero attached hydrogens (tertiary/aromatic N) is 1. The van der Waals surface area contributed by atoms with E-state index in [1.807, 2.05) is 0 Å². The fourth-order valence-corrected chi connectivity index (χ4v) is 5.05. The van der Waals surface area contributed by atoms with Gasteiger partial charge in [-0.3, -0.25) is 9.10 Å². The number of nitrogens with one attached hydrogen (secondary N) is 1. The molecular weight excluding hydrogens is 493 g/mol. The summed E-state index contributed by atoms with van der Waals surface area (Å²) in [5.41, 5.74) is -0.463. The third-order valence-electron chi connectivity index (χ3n) is 4.77. The molecule has 3 aromatic rings. The van der Waals surface area contributed by atoms with Crippen LogP contribution in [0.4, 0.5) is 24.5 Å². The predicted octanol–water partition coefficient (Wildman–Crippen LogP) is 5.51. The van der Waals surface area contributed by atoms with Gasteiger partial charge in [-0.15, -0.1) is 0 Å². The molecule has 0 atom stereocenters. The van der Waals surface area contributed by atoms with Crippen molar-refractivity contribution in [2.75, 3.05) is 23.3 Å². The Morgan fingerprint density at radius 1 is 1.06 bits per heavy atom. The van der Waals surface area contributed by atoms with Gasteiger partial charge in [-0.2, -0.15) is 13.2 Å². The second-order valence-electron chi connectivity index (χ2n) is 7.24. The van der Waals surface area contributed by atoms with E-state index in [1.165, 1.54) is 37.4 Å². The Hall–Kier alpha value is -3.24. The summed E-state index contributed by atoms with van der Waals surface area (Å²) in [5.74, 6) is -0.769. The Morgan fingerprint density at radius 2 is 1.74 bits per heavy atom. The van der Waals surface area contributed by atoms with E-state index < -0.39 is 39.2 Å². The van der Waals surface area contributed by atoms with E-state index in [9.17, 15) is 26.4 Å². The molecule has 1 N–H and O–H groups in total. The first kappa shape index (κ1) is 25.4. The van der Waals surface area contributed by atoms with Crippen molar-refractivity contribution in [3.63, 3.8) is 0 Å². The number of ether oxygens (including phenoxy) is 1. The van der Waals surface area contributed by atoms with Crippen LogP contribution in [-0.4, -0.2) is 28.0 Å². The van der Waals surface area contributed by atoms with Crippen LogP contribution in [0, 0.1) is 6.92 Å². The number of sulfonamides is 1. The van der Waals surface area contributed by atoms with Crippen molar-refractivity contribution in [2.45, 2.75) is 18.0 Å². The monoisotopic (exact) mass is 512 g/mol. The molecule has 0 radical (unpaired) electrons. The lowest BCUT2D eigenvalue weighted by atomic mass is 10.2. The van der Waals surface area contributed by atoms with E-state index in [1.54, 1.807) is 31.2 Å². The van der Waals surface area contributed by atoms with E-state index in [-0.39, 0.29) is 22.0 Å². The zero-order chi connectivity index (χ0) is 25.1. The maximum Gasteiger partial charge on any atom is 0.417 e. The third-order valence-corrected chi connectivity index (χ3v) is 6.90. The lowest BCUT2D eigenvalue weighted by Gasteiger charge is -2.25. The van der Waals surface area contributed by atoms with Crippen molar-refractivity contribution in [2.24, 2.45) is 0 Å². The van der Waals surface area contributed by atoms with Crippen LogP contribution in [0.5, 0.6) is 5.75 Å². The Labute approximate surface area is 200 Å². The normalized spacial score (nSPS) is 11.7. The molecule has 0 spiro atoms. The van der Waals surface area contributed by atoms with Crippen molar-refractivity contribution in [3.8, 4) is 5.75 Å². The van der Waals surface area contributed by atoms with E-state index in [4.69, 9.17) is 16.3 Å². The number of rotatable bonds is 7. The molecule has 3 aromatic carbocycles. The van der Waals surface area contributed by atoms with Gasteiger partial charge in [0, 0.05) is 5.69 Å². The van der Waals surface area contributed by atoms with Gasteiger partial charge in [-0.25, -0.2) is 8.42 Å². The number of alkyl halides is 3. The molecule has 0 saturated heterocycles. The van der Waals surface area contributed by atoms with Crippen LogP contribution in [0.3, 0.4) is 0 Å². The molecule has 180 valence electrons. The minimum Gasteiger partial charge on any atom is -0.495 e. The van der Waals surface area contributed by atoms with E-state index in [0.29, 0.717) is 11.6 Å². The van der Waals surface area contributed by atoms with Gasteiger partial charge in [0.15, 0.2) is 0 Å². The fourth-order valence-electron chi connectivity index (χ4n) is 3.16. The first-order valence-electron chi connectivity index (χ1n) is 9.82. The summed E-state index contributed by atoms with van der Waals surface area (Å²) in [6.07, 6.45) is -4.72. The number of hydrogen-bond donors (Lipinski definition) is 1. The molecule has 0 heterocycles. The van der Waals surface area contributed by atoms with Gasteiger partial charge in [-0.05, 0) is 55.0 Å². The van der Waals surface area contributed by atoms with Crippen LogP contribution < -0.4 is 14.4 Å². The number of carbonyl (C=O) groups excluding carboxylic acids is 1. The van der Waals surface area contributed by atoms with Crippen molar-refractivity contribution in [3.05, 3.63) is 82.9 Å². The molecule has 0 aromatic heterocycles. The summed E-state index contributed by atoms with van der Waals surface area (Å²) in [5, 5.41) is 1.79. The van der Waals surface area contributed by atoms with Crippen molar-refractivity contribution in [1.82, 2.24) is 0 Å². The van der Waals surface area contributed by atoms with Gasteiger partial charge in [0.05, 0.1) is 23.4 Å². The standard InChI is InChI=1S/C23H20ClF3N2O4S/c1-15-8-11-20(33-2)21(12-15)34(31,32)29(17-6-4-3-5-7-17)14-22(30)28-16-9-10-19(24)18(13-16)23(25,26)27/h3-13H,14H2,1-2H3,(H,28,30). The Morgan fingerprint density at radius 3 is 2.35 bits per heavy atom. The number of carbonyl (C=O) groups is 1. The molecule has 11 heteroatoms. The minimum atomic E-state index is -4.72. The lowest BCUT2D eigenvalue weighted by Crippen LogP contribution is -2.38. The second kappa shape index (κ2) is 9.94. The second-order valence-corrected chi connectivity index (χ2v) is 9.48. The van der Waals surface area contributed by atoms with Gasteiger partial charge >= 0.3 is 6.18 Å². The van der Waals surface area contributed by atoms with Crippen LogP contribution in [0.15, 0.2) is 71.6 Å². The highest BCUT2D eigenvalue weighted by atomic mass is 35.5. The molecule has 6 nitrogen and oxygen atoms in total. The van der Waals surface area contributed by atoms with Crippen molar-refractivity contribution < 1.29 is 31.1 Å². The first-order chi connectivity index (χ1) is 15.9. The van der Waals surface area contributed by atoms with Gasteiger partial charge in [0.2, 0.25) is 5.91 Å². The topological polar surface area (TPSA) is 75.7 Å². The molecule has 0 aliphatic heterocycles. The average Bonchev–Trinajstić information content (AvgIpc) is 2.78. The lowest BCUT2D eigenvalue weighted by molar-refractivity contribution is -0.137. The molecular formula is C23H20ClF3N2O4S. The third kappa shape index (κ3) is 5.63. The van der Waals surface area contributed by atoms with E-state index in [0.717, 1.165) is 10.4 Å². The van der Waals surface area contributed by atoms with Crippen LogP contribution in [0.25, 0.3) is 0 Å². The van der Waals surface area contributed by atoms with Crippen LogP contribution in [-0.2, 0) is 21.0 Å². The Kier molecular flexibility index (Phi) is 7.42. The summed E-state index contributed by atoms with van der Waals surface area (Å²) >= 11 is 5.62. The molecule has 0 unspecified atom stereocenters. The summed E-state index contributed by atoms with van der Waals surface area (Å²) in [7, 11) is -2.98. The number of methoxy groups -OCH3 is 1. The smallest absolute Gasteiger partial charge is 0.417 e. The highest BCUT2D eigenvalue weighted by Crippen LogP contribution is 2.36. The quantitative estimate of drug-likeness (QED) is 0.453. The van der Waals surface area contributed by atoms with Crippen LogP contribution >= 0.6 is 11.6 Å². The highest BCUT2D eigenvalue weighted by Gasteiger charge is 2.34. The summed E-state index contributed by atoms with van der Waals surface area (Å²) < 4.78 is 72.7. The summed E-state index contributed by atoms with van der Waals surface area (Å²) in [4.78, 5) is 12.6. The highest BCUT2D eigenvalue weighted by molar-refractivity contribution is 7.93. The molecule has 3 rings (SSSR count). The van der Waals surface area contributed by atoms with Crippen molar-refractivity contribution >= 4 is 38.9 Å². The molecule has 1 amide bonds. The van der Waals surface area contributed by atoms with Gasteiger partial charge in [0.1, 0.15) is 17.2 Å². The number of benzene rings is 3. The molecule has 0 aliphatic rings. The molecule has 34 heavy (non-hydrogen) atoms. The summed E-state index contributed by atoms with van der Waals surface area (Å²) in [6, 6.07) is 15.3. The van der Waals surface area contributed by atoms with Gasteiger partial charge in [0.25, 0.3) is 10.0 Å². The first-order valence-corrected chi connectivity index (χ1v) is 11.6. The van der Waals surface area contributed by atoms with Gasteiger partial charge < -0.3 is 10.1 Å². The van der Waals surface area contributed by atoms with E-state index >= 15 is 0 Å². The zero-order valence-corrected chi connectivity index (χ0v) is 19.6. The molecule has 0 bridgehead atoms. The SMILES string of the molecule is COc1ccc(C)cc1S(=O)(=O)N(CC(=O)Nc1ccc(Cl)c(C(F)(F)F)c1)c1ccccc1. The largest absolute Gasteiger partial charge is 0.495 e. The Balaban J connectivity index is 1.98. The maximum absolute atomic E-state index is 13.6. The molecule has 0 fully saturated rings. The average molecular weight is 513 g/mol. The number of anilines is 2. The number of halogens is 4. The number of para-hydroxylation sites is 1.